The quantitative estimate of drug-likeness (QED) is 0.731. The van der Waals surface area contributed by atoms with Crippen molar-refractivity contribution >= 4 is 40.6 Å². The summed E-state index contributed by atoms with van der Waals surface area (Å²) in [5, 5.41) is 1.42. The average Bonchev–Trinajstić information content (AvgIpc) is 2.42. The molecule has 2 aromatic carbocycles. The molecule has 0 amide bonds. The number of Topliss-reactive ketones (excluding diaryl/α,β-unsaturated/α-hetero) is 1. The Morgan fingerprint density at radius 3 is 2.45 bits per heavy atom. The van der Waals surface area contributed by atoms with Gasteiger partial charge in [0.15, 0.2) is 5.78 Å². The molecule has 20 heavy (non-hydrogen) atoms. The SMILES string of the molecule is COc1cc(Cl)ccc1C(=O)Cc1ccc(Cl)c(Cl)c1. The van der Waals surface area contributed by atoms with Crippen LogP contribution in [0.3, 0.4) is 0 Å². The minimum absolute atomic E-state index is 0.0723. The summed E-state index contributed by atoms with van der Waals surface area (Å²) in [5.74, 6) is 0.388. The van der Waals surface area contributed by atoms with Gasteiger partial charge in [0.05, 0.1) is 22.7 Å². The van der Waals surface area contributed by atoms with Crippen LogP contribution < -0.4 is 4.74 Å². The summed E-state index contributed by atoms with van der Waals surface area (Å²) in [6.07, 6.45) is 0.217. The van der Waals surface area contributed by atoms with Crippen molar-refractivity contribution in [2.24, 2.45) is 0 Å². The van der Waals surface area contributed by atoms with E-state index in [0.29, 0.717) is 26.4 Å². The van der Waals surface area contributed by atoms with Gasteiger partial charge in [-0.3, -0.25) is 4.79 Å². The number of benzene rings is 2. The second-order valence-corrected chi connectivity index (χ2v) is 5.44. The molecule has 0 radical (unpaired) electrons. The van der Waals surface area contributed by atoms with Crippen LogP contribution in [0.1, 0.15) is 15.9 Å². The molecule has 0 N–H and O–H groups in total. The van der Waals surface area contributed by atoms with E-state index < -0.39 is 0 Å². The first-order valence-corrected chi connectivity index (χ1v) is 6.95. The molecule has 2 nitrogen and oxygen atoms in total. The standard InChI is InChI=1S/C15H11Cl3O2/c1-20-15-8-10(16)3-4-11(15)14(19)7-9-2-5-12(17)13(18)6-9/h2-6,8H,7H2,1H3. The first-order valence-electron chi connectivity index (χ1n) is 5.82. The Morgan fingerprint density at radius 2 is 1.80 bits per heavy atom. The van der Waals surface area contributed by atoms with E-state index >= 15 is 0 Å². The Balaban J connectivity index is 2.25. The van der Waals surface area contributed by atoms with Crippen LogP contribution in [0.4, 0.5) is 0 Å². The van der Waals surface area contributed by atoms with Gasteiger partial charge in [-0.25, -0.2) is 0 Å². The summed E-state index contributed by atoms with van der Waals surface area (Å²) in [7, 11) is 1.50. The number of rotatable bonds is 4. The fourth-order valence-electron chi connectivity index (χ4n) is 1.83. The summed E-state index contributed by atoms with van der Waals surface area (Å²) in [5.41, 5.74) is 1.28. The maximum absolute atomic E-state index is 12.3. The molecule has 0 aliphatic rings. The van der Waals surface area contributed by atoms with Crippen LogP contribution in [0.5, 0.6) is 5.75 Å². The molecule has 0 aliphatic carbocycles. The van der Waals surface area contributed by atoms with Crippen molar-refractivity contribution in [1.82, 2.24) is 0 Å². The molecule has 0 saturated carbocycles. The molecule has 0 aliphatic heterocycles. The molecule has 2 aromatic rings. The highest BCUT2D eigenvalue weighted by Crippen LogP contribution is 2.26. The number of methoxy groups -OCH3 is 1. The first kappa shape index (κ1) is 15.2. The van der Waals surface area contributed by atoms with Gasteiger partial charge >= 0.3 is 0 Å². The molecule has 5 heteroatoms. The van der Waals surface area contributed by atoms with Gasteiger partial charge in [-0.2, -0.15) is 0 Å². The highest BCUT2D eigenvalue weighted by molar-refractivity contribution is 6.42. The number of hydrogen-bond acceptors (Lipinski definition) is 2. The largest absolute Gasteiger partial charge is 0.496 e. The minimum atomic E-state index is -0.0723. The monoisotopic (exact) mass is 328 g/mol. The molecule has 0 atom stereocenters. The van der Waals surface area contributed by atoms with Crippen LogP contribution in [0.15, 0.2) is 36.4 Å². The summed E-state index contributed by atoms with van der Waals surface area (Å²) in [4.78, 5) is 12.3. The van der Waals surface area contributed by atoms with E-state index in [-0.39, 0.29) is 12.2 Å². The zero-order valence-corrected chi connectivity index (χ0v) is 12.9. The molecule has 0 unspecified atom stereocenters. The fourth-order valence-corrected chi connectivity index (χ4v) is 2.31. The number of hydrogen-bond donors (Lipinski definition) is 0. The number of ketones is 1. The van der Waals surface area contributed by atoms with Crippen molar-refractivity contribution in [3.05, 3.63) is 62.6 Å². The van der Waals surface area contributed by atoms with Crippen LogP contribution in [0, 0.1) is 0 Å². The van der Waals surface area contributed by atoms with Gasteiger partial charge in [0.1, 0.15) is 5.75 Å². The lowest BCUT2D eigenvalue weighted by Gasteiger charge is -2.08. The van der Waals surface area contributed by atoms with E-state index in [1.54, 1.807) is 36.4 Å². The number of carbonyl (C=O) groups is 1. The normalized spacial score (nSPS) is 10.4. The van der Waals surface area contributed by atoms with Crippen molar-refractivity contribution in [3.8, 4) is 5.75 Å². The van der Waals surface area contributed by atoms with Gasteiger partial charge < -0.3 is 4.74 Å². The summed E-state index contributed by atoms with van der Waals surface area (Å²) in [6.45, 7) is 0. The molecule has 0 heterocycles. The summed E-state index contributed by atoms with van der Waals surface area (Å²) in [6, 6.07) is 10.1. The van der Waals surface area contributed by atoms with Gasteiger partial charge in [0.2, 0.25) is 0 Å². The molecule has 0 fully saturated rings. The van der Waals surface area contributed by atoms with Gasteiger partial charge in [-0.1, -0.05) is 40.9 Å². The predicted molar refractivity (Wildman–Crippen MR) is 82.5 cm³/mol. The highest BCUT2D eigenvalue weighted by Gasteiger charge is 2.14. The summed E-state index contributed by atoms with van der Waals surface area (Å²) >= 11 is 17.7. The molecular weight excluding hydrogens is 319 g/mol. The lowest BCUT2D eigenvalue weighted by Crippen LogP contribution is -2.05. The van der Waals surface area contributed by atoms with Gasteiger partial charge in [0.25, 0.3) is 0 Å². The lowest BCUT2D eigenvalue weighted by atomic mass is 10.0. The molecule has 104 valence electrons. The van der Waals surface area contributed by atoms with E-state index in [2.05, 4.69) is 0 Å². The van der Waals surface area contributed by atoms with E-state index in [9.17, 15) is 4.79 Å². The fraction of sp³-hybridized carbons (Fsp3) is 0.133. The Bertz CT molecular complexity index is 654. The van der Waals surface area contributed by atoms with Crippen LogP contribution in [0.25, 0.3) is 0 Å². The predicted octanol–water partition coefficient (Wildman–Crippen LogP) is 5.08. The van der Waals surface area contributed by atoms with Crippen molar-refractivity contribution < 1.29 is 9.53 Å². The van der Waals surface area contributed by atoms with Crippen LogP contribution in [-0.2, 0) is 6.42 Å². The Hall–Kier alpha value is -1.22. The second-order valence-electron chi connectivity index (χ2n) is 4.19. The maximum atomic E-state index is 12.3. The van der Waals surface area contributed by atoms with Crippen molar-refractivity contribution in [2.75, 3.05) is 7.11 Å². The van der Waals surface area contributed by atoms with E-state index in [1.165, 1.54) is 7.11 Å². The van der Waals surface area contributed by atoms with Crippen molar-refractivity contribution in [2.45, 2.75) is 6.42 Å². The lowest BCUT2D eigenvalue weighted by molar-refractivity contribution is 0.0990. The van der Waals surface area contributed by atoms with Gasteiger partial charge in [0, 0.05) is 11.4 Å². The number of carbonyl (C=O) groups excluding carboxylic acids is 1. The molecule has 0 aromatic heterocycles. The third-order valence-corrected chi connectivity index (χ3v) is 3.79. The average molecular weight is 330 g/mol. The Kier molecular flexibility index (Phi) is 4.92. The van der Waals surface area contributed by atoms with Crippen molar-refractivity contribution in [1.29, 1.82) is 0 Å². The minimum Gasteiger partial charge on any atom is -0.496 e. The number of ether oxygens (including phenoxy) is 1. The van der Waals surface area contributed by atoms with Crippen molar-refractivity contribution in [3.63, 3.8) is 0 Å². The first-order chi connectivity index (χ1) is 9.51. The van der Waals surface area contributed by atoms with Crippen LogP contribution >= 0.6 is 34.8 Å². The van der Waals surface area contributed by atoms with E-state index in [1.807, 2.05) is 0 Å². The van der Waals surface area contributed by atoms with Crippen LogP contribution in [-0.4, -0.2) is 12.9 Å². The zero-order valence-electron chi connectivity index (χ0n) is 10.6. The maximum Gasteiger partial charge on any atom is 0.170 e. The molecule has 0 bridgehead atoms. The van der Waals surface area contributed by atoms with Gasteiger partial charge in [-0.15, -0.1) is 0 Å². The van der Waals surface area contributed by atoms with Gasteiger partial charge in [-0.05, 0) is 35.9 Å². The molecule has 0 saturated heterocycles. The Labute approximate surface area is 132 Å². The van der Waals surface area contributed by atoms with Crippen LogP contribution in [0.2, 0.25) is 15.1 Å². The topological polar surface area (TPSA) is 26.3 Å². The Morgan fingerprint density at radius 1 is 1.05 bits per heavy atom. The zero-order chi connectivity index (χ0) is 14.7. The molecule has 2 rings (SSSR count). The smallest absolute Gasteiger partial charge is 0.170 e. The third-order valence-electron chi connectivity index (χ3n) is 2.81. The summed E-state index contributed by atoms with van der Waals surface area (Å²) < 4.78 is 5.18. The number of halogens is 3. The van der Waals surface area contributed by atoms with E-state index in [0.717, 1.165) is 5.56 Å². The second kappa shape index (κ2) is 6.49. The molecule has 0 spiro atoms. The molecular formula is C15H11Cl3O2. The third kappa shape index (κ3) is 3.45. The highest BCUT2D eigenvalue weighted by atomic mass is 35.5. The van der Waals surface area contributed by atoms with E-state index in [4.69, 9.17) is 39.5 Å².